The number of ether oxygens (including phenoxy) is 3. The van der Waals surface area contributed by atoms with Crippen LogP contribution in [0.4, 0.5) is 17.6 Å². The van der Waals surface area contributed by atoms with E-state index in [2.05, 4.69) is 20.6 Å². The lowest BCUT2D eigenvalue weighted by Crippen LogP contribution is -2.27. The molecular weight excluding hydrogens is 883 g/mol. The molecule has 2 atom stereocenters. The van der Waals surface area contributed by atoms with Gasteiger partial charge in [-0.2, -0.15) is 0 Å². The van der Waals surface area contributed by atoms with Crippen molar-refractivity contribution in [3.63, 3.8) is 0 Å². The smallest absolute Gasteiger partial charge is 0.338 e. The van der Waals surface area contributed by atoms with Crippen molar-refractivity contribution in [2.45, 2.75) is 52.3 Å². The average Bonchev–Trinajstić information content (AvgIpc) is 3.24. The van der Waals surface area contributed by atoms with Gasteiger partial charge in [0.25, 0.3) is 11.8 Å². The first-order chi connectivity index (χ1) is 30.2. The number of carbonyl (C=O) groups is 4. The molecule has 0 radical (unpaired) electrons. The van der Waals surface area contributed by atoms with Crippen molar-refractivity contribution in [3.8, 4) is 23.3 Å². The standard InChI is InChI=1S/C25H23ClF2N2O4.C21H15ClF2N2O4/c1-14(15-5-7-16(8-6-15)24(32)34-25(2,3)4)30-22(31)19-11-17(26)13-29-23(19)33-18-9-10-20(27)21(28)12-18;1-11(12-2-4-13(5-3-12)21(28)29)26-19(27)16-8-14(22)10-25-20(16)30-15-6-7-17(23)18(24)9-15/h5-14H,1-4H3,(H,30,31);2-11H,1H3,(H,26,27)(H,28,29)/t14-;11-/m00/s1. The molecule has 12 nitrogen and oxygen atoms in total. The molecule has 0 spiro atoms. The molecule has 0 saturated carbocycles. The first kappa shape index (κ1) is 48.0. The van der Waals surface area contributed by atoms with Crippen LogP contribution in [0.3, 0.4) is 0 Å². The Bertz CT molecular complexity index is 2680. The van der Waals surface area contributed by atoms with Crippen LogP contribution in [0.15, 0.2) is 109 Å². The number of aromatic carboxylic acids is 1. The maximum atomic E-state index is 13.5. The van der Waals surface area contributed by atoms with Gasteiger partial charge in [-0.1, -0.05) is 47.5 Å². The Morgan fingerprint density at radius 3 is 1.34 bits per heavy atom. The topological polar surface area (TPSA) is 166 Å². The van der Waals surface area contributed by atoms with E-state index in [1.807, 2.05) is 0 Å². The van der Waals surface area contributed by atoms with Gasteiger partial charge in [0.05, 0.1) is 33.3 Å². The summed E-state index contributed by atoms with van der Waals surface area (Å²) in [6.07, 6.45) is 2.52. The van der Waals surface area contributed by atoms with Gasteiger partial charge in [-0.15, -0.1) is 0 Å². The van der Waals surface area contributed by atoms with Gasteiger partial charge in [-0.05, 0) is 106 Å². The SMILES string of the molecule is C[C@H](NC(=O)c1cc(Cl)cnc1Oc1ccc(F)c(F)c1)c1ccc(C(=O)O)cc1.C[C@H](NC(=O)c1cc(Cl)cnc1Oc1ccc(F)c(F)c1)c1ccc(C(=O)OC(C)(C)C)cc1. The molecule has 0 fully saturated rings. The average molecular weight is 922 g/mol. The minimum absolute atomic E-state index is 0.00876. The zero-order valence-corrected chi connectivity index (χ0v) is 36.0. The fourth-order valence-corrected chi connectivity index (χ4v) is 5.84. The summed E-state index contributed by atoms with van der Waals surface area (Å²) in [5, 5.41) is 14.9. The highest BCUT2D eigenvalue weighted by Crippen LogP contribution is 2.29. The van der Waals surface area contributed by atoms with Gasteiger partial charge >= 0.3 is 11.9 Å². The van der Waals surface area contributed by atoms with E-state index in [1.165, 1.54) is 48.8 Å². The minimum Gasteiger partial charge on any atom is -0.478 e. The van der Waals surface area contributed by atoms with E-state index in [0.29, 0.717) is 11.1 Å². The number of amides is 2. The Labute approximate surface area is 374 Å². The Kier molecular flexibility index (Phi) is 15.7. The summed E-state index contributed by atoms with van der Waals surface area (Å²) in [5.41, 5.74) is 1.31. The number of nitrogens with zero attached hydrogens (tertiary/aromatic N) is 2. The highest BCUT2D eigenvalue weighted by molar-refractivity contribution is 6.31. The number of rotatable bonds is 12. The molecule has 0 unspecified atom stereocenters. The molecule has 2 heterocycles. The summed E-state index contributed by atoms with van der Waals surface area (Å²) in [7, 11) is 0. The van der Waals surface area contributed by atoms with Crippen molar-refractivity contribution in [1.82, 2.24) is 20.6 Å². The third-order valence-electron chi connectivity index (χ3n) is 8.73. The van der Waals surface area contributed by atoms with Crippen LogP contribution < -0.4 is 20.1 Å². The van der Waals surface area contributed by atoms with Crippen LogP contribution in [-0.2, 0) is 4.74 Å². The maximum absolute atomic E-state index is 13.5. The van der Waals surface area contributed by atoms with Crippen LogP contribution in [0.25, 0.3) is 0 Å². The second kappa shape index (κ2) is 20.9. The largest absolute Gasteiger partial charge is 0.478 e. The zero-order valence-electron chi connectivity index (χ0n) is 34.5. The number of hydrogen-bond donors (Lipinski definition) is 3. The molecule has 6 rings (SSSR count). The molecule has 0 aliphatic heterocycles. The zero-order chi connectivity index (χ0) is 46.9. The number of nitrogens with one attached hydrogen (secondary N) is 2. The summed E-state index contributed by atoms with van der Waals surface area (Å²) in [4.78, 5) is 56.8. The van der Waals surface area contributed by atoms with Crippen LogP contribution >= 0.6 is 23.2 Å². The Hall–Kier alpha value is -7.04. The summed E-state index contributed by atoms with van der Waals surface area (Å²) in [5.74, 6) is -7.23. The summed E-state index contributed by atoms with van der Waals surface area (Å²) >= 11 is 12.0. The highest BCUT2D eigenvalue weighted by atomic mass is 35.5. The second-order valence-electron chi connectivity index (χ2n) is 14.8. The molecular formula is C46H38Cl2F4N4O8. The summed E-state index contributed by atoms with van der Waals surface area (Å²) in [6, 6.07) is 20.3. The van der Waals surface area contributed by atoms with E-state index in [-0.39, 0.29) is 50.0 Å². The lowest BCUT2D eigenvalue weighted by Gasteiger charge is -2.20. The van der Waals surface area contributed by atoms with Crippen LogP contribution in [0.1, 0.15) is 99.3 Å². The van der Waals surface area contributed by atoms with E-state index in [4.69, 9.17) is 42.5 Å². The van der Waals surface area contributed by atoms with E-state index in [0.717, 1.165) is 29.8 Å². The van der Waals surface area contributed by atoms with Crippen molar-refractivity contribution < 1.29 is 56.1 Å². The lowest BCUT2D eigenvalue weighted by molar-refractivity contribution is 0.00689. The minimum atomic E-state index is -1.11. The quantitative estimate of drug-likeness (QED) is 0.0794. The van der Waals surface area contributed by atoms with Gasteiger partial charge in [-0.25, -0.2) is 37.1 Å². The predicted molar refractivity (Wildman–Crippen MR) is 228 cm³/mol. The normalized spacial score (nSPS) is 11.9. The third kappa shape index (κ3) is 13.2. The number of pyridine rings is 2. The fourth-order valence-electron chi connectivity index (χ4n) is 5.52. The summed E-state index contributed by atoms with van der Waals surface area (Å²) < 4.78 is 69.5. The van der Waals surface area contributed by atoms with Crippen molar-refractivity contribution in [2.24, 2.45) is 0 Å². The molecule has 64 heavy (non-hydrogen) atoms. The fraction of sp³-hybridized carbons (Fsp3) is 0.174. The second-order valence-corrected chi connectivity index (χ2v) is 15.7. The van der Waals surface area contributed by atoms with Gasteiger partial charge in [0, 0.05) is 24.5 Å². The lowest BCUT2D eigenvalue weighted by atomic mass is 10.1. The molecule has 2 amide bonds. The number of carbonyl (C=O) groups excluding carboxylic acids is 3. The van der Waals surface area contributed by atoms with Crippen LogP contribution in [0.2, 0.25) is 10.0 Å². The van der Waals surface area contributed by atoms with Crippen LogP contribution in [-0.4, -0.2) is 44.4 Å². The molecule has 6 aromatic rings. The molecule has 4 aromatic carbocycles. The van der Waals surface area contributed by atoms with E-state index in [9.17, 15) is 36.7 Å². The third-order valence-corrected chi connectivity index (χ3v) is 9.15. The number of carboxylic acids is 1. The van der Waals surface area contributed by atoms with Crippen molar-refractivity contribution in [1.29, 1.82) is 0 Å². The predicted octanol–water partition coefficient (Wildman–Crippen LogP) is 11.2. The first-order valence-electron chi connectivity index (χ1n) is 19.0. The molecule has 332 valence electrons. The van der Waals surface area contributed by atoms with Gasteiger partial charge in [-0.3, -0.25) is 9.59 Å². The van der Waals surface area contributed by atoms with Gasteiger partial charge in [0.2, 0.25) is 11.8 Å². The monoisotopic (exact) mass is 920 g/mol. The maximum Gasteiger partial charge on any atom is 0.338 e. The van der Waals surface area contributed by atoms with Crippen molar-refractivity contribution in [3.05, 3.63) is 176 Å². The van der Waals surface area contributed by atoms with Crippen LogP contribution in [0.5, 0.6) is 23.3 Å². The Balaban J connectivity index is 0.000000243. The summed E-state index contributed by atoms with van der Waals surface area (Å²) in [6.45, 7) is 8.82. The molecule has 3 N–H and O–H groups in total. The van der Waals surface area contributed by atoms with E-state index >= 15 is 0 Å². The molecule has 18 heteroatoms. The Morgan fingerprint density at radius 1 is 0.594 bits per heavy atom. The number of hydrogen-bond acceptors (Lipinski definition) is 9. The van der Waals surface area contributed by atoms with E-state index in [1.54, 1.807) is 71.0 Å². The molecule has 0 saturated heterocycles. The van der Waals surface area contributed by atoms with Crippen molar-refractivity contribution in [2.75, 3.05) is 0 Å². The van der Waals surface area contributed by atoms with Gasteiger partial charge < -0.3 is 30.0 Å². The van der Waals surface area contributed by atoms with Gasteiger partial charge in [0.15, 0.2) is 23.3 Å². The first-order valence-corrected chi connectivity index (χ1v) is 19.8. The molecule has 0 aliphatic rings. The number of benzene rings is 4. The number of aromatic nitrogens is 2. The molecule has 0 bridgehead atoms. The molecule has 0 aliphatic carbocycles. The number of esters is 1. The van der Waals surface area contributed by atoms with E-state index < -0.39 is 64.7 Å². The number of carboxylic acid groups (broad SMARTS) is 1. The Morgan fingerprint density at radius 2 is 0.984 bits per heavy atom. The highest BCUT2D eigenvalue weighted by Gasteiger charge is 2.22. The number of halogens is 6. The molecule has 2 aromatic heterocycles. The van der Waals surface area contributed by atoms with Crippen LogP contribution in [0, 0.1) is 23.3 Å². The van der Waals surface area contributed by atoms with Crippen molar-refractivity contribution >= 4 is 47.0 Å². The van der Waals surface area contributed by atoms with Gasteiger partial charge in [0.1, 0.15) is 28.2 Å².